The second-order valence-electron chi connectivity index (χ2n) is 6.08. The van der Waals surface area contributed by atoms with Gasteiger partial charge in [-0.05, 0) is 36.0 Å². The number of ether oxygens (including phenoxy) is 1. The summed E-state index contributed by atoms with van der Waals surface area (Å²) in [6.07, 6.45) is 1.03. The molecule has 20 heavy (non-hydrogen) atoms. The molecule has 1 aliphatic rings. The molecule has 3 atom stereocenters. The average Bonchev–Trinajstić information content (AvgIpc) is 2.77. The maximum Gasteiger partial charge on any atom is 0.119 e. The van der Waals surface area contributed by atoms with E-state index >= 15 is 0 Å². The van der Waals surface area contributed by atoms with Crippen molar-refractivity contribution in [3.8, 4) is 5.75 Å². The smallest absolute Gasteiger partial charge is 0.119 e. The van der Waals surface area contributed by atoms with Gasteiger partial charge in [0.1, 0.15) is 5.75 Å². The van der Waals surface area contributed by atoms with E-state index in [1.807, 2.05) is 6.07 Å². The second kappa shape index (κ2) is 7.09. The number of nitrogens with zero attached hydrogens (tertiary/aromatic N) is 1. The molecule has 0 aromatic heterocycles. The molecule has 1 saturated heterocycles. The predicted molar refractivity (Wildman–Crippen MR) is 83.9 cm³/mol. The average molecular weight is 276 g/mol. The normalized spacial score (nSPS) is 24.8. The molecule has 0 amide bonds. The van der Waals surface area contributed by atoms with Gasteiger partial charge in [0.25, 0.3) is 0 Å². The van der Waals surface area contributed by atoms with Crippen LogP contribution in [0.15, 0.2) is 24.3 Å². The van der Waals surface area contributed by atoms with Crippen LogP contribution in [0.25, 0.3) is 0 Å². The van der Waals surface area contributed by atoms with Gasteiger partial charge in [-0.1, -0.05) is 32.9 Å². The first-order valence-corrected chi connectivity index (χ1v) is 7.82. The van der Waals surface area contributed by atoms with Crippen molar-refractivity contribution in [1.29, 1.82) is 0 Å². The first kappa shape index (κ1) is 15.3. The monoisotopic (exact) mass is 276 g/mol. The summed E-state index contributed by atoms with van der Waals surface area (Å²) in [5.74, 6) is 2.47. The molecular weight excluding hydrogens is 248 g/mol. The lowest BCUT2D eigenvalue weighted by Gasteiger charge is -2.27. The SMILES string of the molecule is CCCOc1cccc(C(CN)N2CC(C)C(C)C2)c1. The van der Waals surface area contributed by atoms with Crippen molar-refractivity contribution in [2.24, 2.45) is 17.6 Å². The number of hydrogen-bond acceptors (Lipinski definition) is 3. The van der Waals surface area contributed by atoms with Crippen LogP contribution in [-0.4, -0.2) is 31.1 Å². The van der Waals surface area contributed by atoms with E-state index in [1.54, 1.807) is 0 Å². The molecule has 0 spiro atoms. The summed E-state index contributed by atoms with van der Waals surface area (Å²) in [5.41, 5.74) is 7.32. The molecule has 0 aliphatic carbocycles. The van der Waals surface area contributed by atoms with Gasteiger partial charge in [0.05, 0.1) is 6.61 Å². The minimum absolute atomic E-state index is 0.313. The summed E-state index contributed by atoms with van der Waals surface area (Å²) < 4.78 is 5.74. The summed E-state index contributed by atoms with van der Waals surface area (Å²) in [4.78, 5) is 2.52. The lowest BCUT2D eigenvalue weighted by molar-refractivity contribution is 0.239. The van der Waals surface area contributed by atoms with Crippen LogP contribution in [0.2, 0.25) is 0 Å². The highest BCUT2D eigenvalue weighted by molar-refractivity contribution is 5.31. The molecule has 2 N–H and O–H groups in total. The van der Waals surface area contributed by atoms with E-state index in [9.17, 15) is 0 Å². The van der Waals surface area contributed by atoms with E-state index in [0.29, 0.717) is 12.6 Å². The van der Waals surface area contributed by atoms with E-state index in [1.165, 1.54) is 5.56 Å². The summed E-state index contributed by atoms with van der Waals surface area (Å²) >= 11 is 0. The predicted octanol–water partition coefficient (Wildman–Crippen LogP) is 3.06. The Morgan fingerprint density at radius 2 is 2.00 bits per heavy atom. The number of nitrogens with two attached hydrogens (primary N) is 1. The lowest BCUT2D eigenvalue weighted by atomic mass is 10.0. The Hall–Kier alpha value is -1.06. The molecule has 1 aromatic carbocycles. The lowest BCUT2D eigenvalue weighted by Crippen LogP contribution is -2.32. The van der Waals surface area contributed by atoms with Crippen LogP contribution in [0.5, 0.6) is 5.75 Å². The Labute approximate surface area is 123 Å². The largest absolute Gasteiger partial charge is 0.494 e. The molecular formula is C17H28N2O. The minimum Gasteiger partial charge on any atom is -0.494 e. The first-order chi connectivity index (χ1) is 9.65. The van der Waals surface area contributed by atoms with Gasteiger partial charge >= 0.3 is 0 Å². The van der Waals surface area contributed by atoms with Crippen molar-refractivity contribution in [3.05, 3.63) is 29.8 Å². The zero-order valence-corrected chi connectivity index (χ0v) is 13.0. The number of rotatable bonds is 6. The third kappa shape index (κ3) is 3.53. The first-order valence-electron chi connectivity index (χ1n) is 7.82. The quantitative estimate of drug-likeness (QED) is 0.868. The highest BCUT2D eigenvalue weighted by atomic mass is 16.5. The van der Waals surface area contributed by atoms with Crippen LogP contribution in [0.4, 0.5) is 0 Å². The Morgan fingerprint density at radius 3 is 2.60 bits per heavy atom. The fraction of sp³-hybridized carbons (Fsp3) is 0.647. The Bertz CT molecular complexity index is 411. The van der Waals surface area contributed by atoms with E-state index in [-0.39, 0.29) is 0 Å². The molecule has 3 heteroatoms. The summed E-state index contributed by atoms with van der Waals surface area (Å²) in [6.45, 7) is 10.5. The number of hydrogen-bond donors (Lipinski definition) is 1. The summed E-state index contributed by atoms with van der Waals surface area (Å²) in [7, 11) is 0. The van der Waals surface area contributed by atoms with Gasteiger partial charge in [-0.2, -0.15) is 0 Å². The fourth-order valence-corrected chi connectivity index (χ4v) is 2.96. The van der Waals surface area contributed by atoms with E-state index < -0.39 is 0 Å². The number of benzene rings is 1. The standard InChI is InChI=1S/C17H28N2O/c1-4-8-20-16-7-5-6-15(9-16)17(10-18)19-11-13(2)14(3)12-19/h5-7,9,13-14,17H,4,8,10-12,18H2,1-3H3. The van der Waals surface area contributed by atoms with E-state index in [0.717, 1.165) is 43.7 Å². The molecule has 1 heterocycles. The maximum absolute atomic E-state index is 6.04. The Balaban J connectivity index is 2.11. The summed E-state index contributed by atoms with van der Waals surface area (Å²) in [5, 5.41) is 0. The highest BCUT2D eigenvalue weighted by Gasteiger charge is 2.31. The molecule has 0 saturated carbocycles. The minimum atomic E-state index is 0.313. The van der Waals surface area contributed by atoms with Crippen molar-refractivity contribution in [2.75, 3.05) is 26.2 Å². The van der Waals surface area contributed by atoms with Crippen molar-refractivity contribution in [2.45, 2.75) is 33.2 Å². The van der Waals surface area contributed by atoms with Crippen molar-refractivity contribution in [1.82, 2.24) is 4.90 Å². The van der Waals surface area contributed by atoms with E-state index in [4.69, 9.17) is 10.5 Å². The van der Waals surface area contributed by atoms with Crippen molar-refractivity contribution < 1.29 is 4.74 Å². The molecule has 0 bridgehead atoms. The van der Waals surface area contributed by atoms with Gasteiger partial charge in [-0.15, -0.1) is 0 Å². The number of likely N-dealkylation sites (tertiary alicyclic amines) is 1. The van der Waals surface area contributed by atoms with E-state index in [2.05, 4.69) is 43.9 Å². The molecule has 3 nitrogen and oxygen atoms in total. The highest BCUT2D eigenvalue weighted by Crippen LogP contribution is 2.31. The van der Waals surface area contributed by atoms with Gasteiger partial charge in [0.2, 0.25) is 0 Å². The molecule has 0 radical (unpaired) electrons. The van der Waals surface area contributed by atoms with Crippen molar-refractivity contribution >= 4 is 0 Å². The third-order valence-corrected chi connectivity index (χ3v) is 4.40. The summed E-state index contributed by atoms with van der Waals surface area (Å²) in [6, 6.07) is 8.74. The molecule has 2 rings (SSSR count). The van der Waals surface area contributed by atoms with Crippen LogP contribution in [0.3, 0.4) is 0 Å². The zero-order valence-electron chi connectivity index (χ0n) is 13.0. The maximum atomic E-state index is 6.04. The topological polar surface area (TPSA) is 38.5 Å². The molecule has 3 unspecified atom stereocenters. The zero-order chi connectivity index (χ0) is 14.5. The van der Waals surface area contributed by atoms with Gasteiger partial charge in [0, 0.05) is 25.7 Å². The second-order valence-corrected chi connectivity index (χ2v) is 6.08. The van der Waals surface area contributed by atoms with Crippen molar-refractivity contribution in [3.63, 3.8) is 0 Å². The Morgan fingerprint density at radius 1 is 1.30 bits per heavy atom. The van der Waals surface area contributed by atoms with Crippen LogP contribution in [0, 0.1) is 11.8 Å². The molecule has 1 fully saturated rings. The molecule has 1 aromatic rings. The van der Waals surface area contributed by atoms with Crippen LogP contribution < -0.4 is 10.5 Å². The van der Waals surface area contributed by atoms with Crippen LogP contribution in [-0.2, 0) is 0 Å². The van der Waals surface area contributed by atoms with Gasteiger partial charge < -0.3 is 10.5 Å². The molecule has 1 aliphatic heterocycles. The van der Waals surface area contributed by atoms with Crippen LogP contribution >= 0.6 is 0 Å². The molecule has 112 valence electrons. The van der Waals surface area contributed by atoms with Gasteiger partial charge in [-0.3, -0.25) is 4.90 Å². The van der Waals surface area contributed by atoms with Gasteiger partial charge in [-0.25, -0.2) is 0 Å². The third-order valence-electron chi connectivity index (χ3n) is 4.40. The fourth-order valence-electron chi connectivity index (χ4n) is 2.96. The Kier molecular flexibility index (Phi) is 5.44. The van der Waals surface area contributed by atoms with Crippen LogP contribution in [0.1, 0.15) is 38.8 Å². The van der Waals surface area contributed by atoms with Gasteiger partial charge in [0.15, 0.2) is 0 Å².